The van der Waals surface area contributed by atoms with Gasteiger partial charge >= 0.3 is 13.1 Å². The Morgan fingerprint density at radius 3 is 2.52 bits per heavy atom. The molecule has 0 bridgehead atoms. The van der Waals surface area contributed by atoms with Crippen LogP contribution in [0.1, 0.15) is 74.6 Å². The minimum Gasteiger partial charge on any atom is -0.460 e. The van der Waals surface area contributed by atoms with E-state index in [4.69, 9.17) is 26.2 Å². The van der Waals surface area contributed by atoms with Gasteiger partial charge in [-0.2, -0.15) is 0 Å². The predicted molar refractivity (Wildman–Crippen MR) is 117 cm³/mol. The summed E-state index contributed by atoms with van der Waals surface area (Å²) in [5.41, 5.74) is -0.906. The molecule has 10 heteroatoms. The first-order valence-corrected chi connectivity index (χ1v) is 10.7. The topological polar surface area (TPSA) is 57.9 Å². The zero-order chi connectivity index (χ0) is 22.7. The lowest BCUT2D eigenvalue weighted by molar-refractivity contribution is 0.0491. The van der Waals surface area contributed by atoms with Gasteiger partial charge in [-0.1, -0.05) is 6.82 Å². The third-order valence-corrected chi connectivity index (χ3v) is 6.68. The van der Waals surface area contributed by atoms with Crippen LogP contribution in [-0.4, -0.2) is 45.1 Å². The zero-order valence-electron chi connectivity index (χ0n) is 18.5. The summed E-state index contributed by atoms with van der Waals surface area (Å²) in [5.74, 6) is -0.699. The molecule has 1 aromatic carbocycles. The van der Waals surface area contributed by atoms with Crippen LogP contribution in [0.15, 0.2) is 16.5 Å². The van der Waals surface area contributed by atoms with Crippen molar-refractivity contribution >= 4 is 43.9 Å². The zero-order valence-corrected chi connectivity index (χ0v) is 18.5. The van der Waals surface area contributed by atoms with E-state index >= 15 is 0 Å². The van der Waals surface area contributed by atoms with E-state index in [2.05, 4.69) is 0 Å². The van der Waals surface area contributed by atoms with Crippen LogP contribution in [0.3, 0.4) is 0 Å². The van der Waals surface area contributed by atoms with E-state index in [9.17, 15) is 13.6 Å². The first-order valence-electron chi connectivity index (χ1n) is 10.7. The molecule has 1 atom stereocenters. The highest BCUT2D eigenvalue weighted by Crippen LogP contribution is 2.44. The maximum absolute atomic E-state index is 13.9. The Morgan fingerprint density at radius 1 is 1.32 bits per heavy atom. The minimum atomic E-state index is -2.76. The van der Waals surface area contributed by atoms with Gasteiger partial charge in [0.1, 0.15) is 12.2 Å². The molecule has 1 saturated carbocycles. The molecule has 0 N–H and O–H groups in total. The van der Waals surface area contributed by atoms with Gasteiger partial charge in [-0.05, 0) is 64.2 Å². The summed E-state index contributed by atoms with van der Waals surface area (Å²) < 4.78 is 51.2. The SMILES string of the molecule is [B]B(C)C1(C)OB(c2c(C(=O)OCC)oc3c(C(F)F)cc(C4CC4)cc23)OC1(C)C. The van der Waals surface area contributed by atoms with Gasteiger partial charge < -0.3 is 18.5 Å². The first-order chi connectivity index (χ1) is 14.5. The van der Waals surface area contributed by atoms with E-state index < -0.39 is 37.2 Å². The summed E-state index contributed by atoms with van der Waals surface area (Å²) >= 11 is 0. The van der Waals surface area contributed by atoms with E-state index in [1.165, 1.54) is 6.07 Å². The van der Waals surface area contributed by atoms with Gasteiger partial charge in [0.15, 0.2) is 0 Å². The molecule has 2 radical (unpaired) electrons. The number of fused-ring (bicyclic) bond motifs is 1. The van der Waals surface area contributed by atoms with E-state index in [1.54, 1.807) is 6.92 Å². The smallest absolute Gasteiger partial charge is 0.460 e. The number of rotatable bonds is 6. The van der Waals surface area contributed by atoms with Crippen LogP contribution in [0, 0.1) is 0 Å². The molecule has 2 fully saturated rings. The average Bonchev–Trinajstić information content (AvgIpc) is 3.40. The maximum atomic E-state index is 13.9. The summed E-state index contributed by atoms with van der Waals surface area (Å²) in [5, 5.41) is 0.387. The highest BCUT2D eigenvalue weighted by Gasteiger charge is 2.57. The maximum Gasteiger partial charge on any atom is 0.499 e. The van der Waals surface area contributed by atoms with Crippen LogP contribution < -0.4 is 5.46 Å². The van der Waals surface area contributed by atoms with Crippen molar-refractivity contribution in [1.29, 1.82) is 0 Å². The quantitative estimate of drug-likeness (QED) is 0.514. The second kappa shape index (κ2) is 7.66. The molecule has 1 aromatic heterocycles. The molecule has 0 spiro atoms. The molecule has 31 heavy (non-hydrogen) atoms. The molecule has 2 aliphatic rings. The van der Waals surface area contributed by atoms with Crippen LogP contribution in [0.2, 0.25) is 6.82 Å². The van der Waals surface area contributed by atoms with Crippen molar-refractivity contribution in [2.45, 2.75) is 70.8 Å². The van der Waals surface area contributed by atoms with Crippen LogP contribution >= 0.6 is 0 Å². The van der Waals surface area contributed by atoms with Crippen molar-refractivity contribution in [2.24, 2.45) is 0 Å². The summed E-state index contributed by atoms with van der Waals surface area (Å²) in [6, 6.07) is 3.28. The standard InChI is InChI=1S/C21H25B3F2O5/c1-6-28-19(27)17-15(24-30-20(2,3)21(4,31-24)23(5)22)13-9-12(11-7-8-11)10-14(18(25)26)16(13)29-17/h9-11,18H,6-8H2,1-5H3. The Labute approximate surface area is 182 Å². The Hall–Kier alpha value is -1.80. The van der Waals surface area contributed by atoms with Crippen LogP contribution in [-0.2, 0) is 14.0 Å². The number of benzene rings is 1. The second-order valence-corrected chi connectivity index (χ2v) is 9.10. The van der Waals surface area contributed by atoms with Gasteiger partial charge in [0.25, 0.3) is 6.43 Å². The normalized spacial score (nSPS) is 23.0. The molecule has 1 saturated heterocycles. The van der Waals surface area contributed by atoms with Crippen molar-refractivity contribution in [3.05, 3.63) is 29.0 Å². The van der Waals surface area contributed by atoms with Gasteiger partial charge in [0.05, 0.1) is 17.8 Å². The van der Waals surface area contributed by atoms with Crippen LogP contribution in [0.25, 0.3) is 11.0 Å². The average molecular weight is 428 g/mol. The lowest BCUT2D eigenvalue weighted by atomic mass is 9.24. The number of alkyl halides is 2. The van der Waals surface area contributed by atoms with Crippen LogP contribution in [0.4, 0.5) is 8.78 Å². The van der Waals surface area contributed by atoms with Gasteiger partial charge in [-0.3, -0.25) is 0 Å². The lowest BCUT2D eigenvalue weighted by Gasteiger charge is -2.39. The Bertz CT molecular complexity index is 1020. The molecule has 1 unspecified atom stereocenters. The number of carbonyl (C=O) groups excluding carboxylic acids is 1. The lowest BCUT2D eigenvalue weighted by Crippen LogP contribution is -2.55. The van der Waals surface area contributed by atoms with Gasteiger partial charge in [0, 0.05) is 24.1 Å². The Kier molecular flexibility index (Phi) is 5.53. The molecular formula is C21H25B3F2O5. The third-order valence-electron chi connectivity index (χ3n) is 6.68. The fraction of sp³-hybridized carbons (Fsp3) is 0.571. The molecule has 162 valence electrons. The highest BCUT2D eigenvalue weighted by molar-refractivity contribution is 7.04. The van der Waals surface area contributed by atoms with Gasteiger partial charge in [-0.25, -0.2) is 13.6 Å². The molecule has 2 aromatic rings. The fourth-order valence-corrected chi connectivity index (χ4v) is 4.21. The summed E-state index contributed by atoms with van der Waals surface area (Å²) in [7, 11) is 5.18. The number of furan rings is 1. The van der Waals surface area contributed by atoms with E-state index in [1.807, 2.05) is 33.7 Å². The van der Waals surface area contributed by atoms with Gasteiger partial charge in [0.2, 0.25) is 5.76 Å². The summed E-state index contributed by atoms with van der Waals surface area (Å²) in [6.07, 6.45) is -0.872. The first kappa shape index (κ1) is 22.4. The van der Waals surface area contributed by atoms with Gasteiger partial charge in [-0.15, -0.1) is 0 Å². The highest BCUT2D eigenvalue weighted by atomic mass is 19.3. The molecule has 2 heterocycles. The fourth-order valence-electron chi connectivity index (χ4n) is 4.21. The second-order valence-electron chi connectivity index (χ2n) is 9.10. The van der Waals surface area contributed by atoms with Crippen LogP contribution in [0.5, 0.6) is 0 Å². The van der Waals surface area contributed by atoms with Crippen molar-refractivity contribution < 1.29 is 32.0 Å². The predicted octanol–water partition coefficient (Wildman–Crippen LogP) is 4.03. The van der Waals surface area contributed by atoms with E-state index in [0.29, 0.717) is 5.39 Å². The Balaban J connectivity index is 1.94. The number of halogens is 2. The number of hydrogen-bond acceptors (Lipinski definition) is 5. The van der Waals surface area contributed by atoms with Crippen molar-refractivity contribution in [1.82, 2.24) is 0 Å². The molecule has 0 amide bonds. The van der Waals surface area contributed by atoms with Crippen molar-refractivity contribution in [3.8, 4) is 0 Å². The number of ether oxygens (including phenoxy) is 1. The van der Waals surface area contributed by atoms with E-state index in [-0.39, 0.29) is 34.9 Å². The molecule has 4 rings (SSSR count). The van der Waals surface area contributed by atoms with Crippen molar-refractivity contribution in [3.63, 3.8) is 0 Å². The third kappa shape index (κ3) is 3.61. The van der Waals surface area contributed by atoms with Crippen molar-refractivity contribution in [2.75, 3.05) is 6.61 Å². The number of hydrogen-bond donors (Lipinski definition) is 0. The number of carbonyl (C=O) groups is 1. The van der Waals surface area contributed by atoms with E-state index in [0.717, 1.165) is 18.4 Å². The summed E-state index contributed by atoms with van der Waals surface area (Å²) in [4.78, 5) is 12.7. The summed E-state index contributed by atoms with van der Waals surface area (Å²) in [6.45, 7) is 8.73. The molecule has 1 aliphatic carbocycles. The molecule has 1 aliphatic heterocycles. The Morgan fingerprint density at radius 2 is 2.00 bits per heavy atom. The monoisotopic (exact) mass is 428 g/mol. The molecule has 5 nitrogen and oxygen atoms in total. The largest absolute Gasteiger partial charge is 0.499 e. The number of esters is 1. The molecular weight excluding hydrogens is 403 g/mol. The minimum absolute atomic E-state index is 0.0446.